The molecular weight excluding hydrogens is 224 g/mol. The molecular formula is C11H15BClNO2. The fourth-order valence-electron chi connectivity index (χ4n) is 1.53. The van der Waals surface area contributed by atoms with Crippen molar-refractivity contribution >= 4 is 24.3 Å². The molecule has 86 valence electrons. The van der Waals surface area contributed by atoms with Gasteiger partial charge in [-0.15, -0.1) is 0 Å². The molecule has 0 aromatic carbocycles. The van der Waals surface area contributed by atoms with Gasteiger partial charge in [-0.05, 0) is 39.8 Å². The van der Waals surface area contributed by atoms with E-state index in [1.165, 1.54) is 0 Å². The van der Waals surface area contributed by atoms with Gasteiger partial charge in [0.2, 0.25) is 0 Å². The summed E-state index contributed by atoms with van der Waals surface area (Å²) in [6.07, 6.45) is 1.69. The molecule has 1 aliphatic heterocycles. The largest absolute Gasteiger partial charge is 0.516 e. The third kappa shape index (κ3) is 1.86. The standard InChI is InChI=1S/C11H15BClNO2/c1-10(2)11(3,4)16-12(15-10)9-8(13)6-5-7-14-9/h5-7H,1-4H3. The van der Waals surface area contributed by atoms with Gasteiger partial charge in [-0.3, -0.25) is 4.98 Å². The number of halogens is 1. The highest BCUT2D eigenvalue weighted by atomic mass is 35.5. The molecule has 0 bridgehead atoms. The van der Waals surface area contributed by atoms with Crippen LogP contribution in [0.4, 0.5) is 0 Å². The fraction of sp³-hybridized carbons (Fsp3) is 0.545. The van der Waals surface area contributed by atoms with Crippen LogP contribution < -0.4 is 5.59 Å². The first kappa shape index (κ1) is 11.9. The summed E-state index contributed by atoms with van der Waals surface area (Å²) in [5, 5.41) is 0.570. The maximum absolute atomic E-state index is 6.07. The van der Waals surface area contributed by atoms with Gasteiger partial charge in [-0.1, -0.05) is 11.6 Å². The lowest BCUT2D eigenvalue weighted by molar-refractivity contribution is 0.00578. The lowest BCUT2D eigenvalue weighted by Crippen LogP contribution is -2.41. The molecule has 1 aromatic heterocycles. The predicted molar refractivity (Wildman–Crippen MR) is 65.0 cm³/mol. The minimum absolute atomic E-state index is 0.363. The van der Waals surface area contributed by atoms with Crippen LogP contribution >= 0.6 is 11.6 Å². The van der Waals surface area contributed by atoms with Crippen LogP contribution in [0.15, 0.2) is 18.3 Å². The summed E-state index contributed by atoms with van der Waals surface area (Å²) in [5.74, 6) is 0. The van der Waals surface area contributed by atoms with E-state index in [0.29, 0.717) is 10.6 Å². The normalized spacial score (nSPS) is 22.4. The van der Waals surface area contributed by atoms with Gasteiger partial charge >= 0.3 is 7.12 Å². The summed E-state index contributed by atoms with van der Waals surface area (Å²) in [4.78, 5) is 4.21. The number of aromatic nitrogens is 1. The molecule has 1 aliphatic rings. The van der Waals surface area contributed by atoms with E-state index in [4.69, 9.17) is 20.9 Å². The maximum atomic E-state index is 6.07. The van der Waals surface area contributed by atoms with E-state index >= 15 is 0 Å². The van der Waals surface area contributed by atoms with Gasteiger partial charge in [0.05, 0.1) is 21.8 Å². The van der Waals surface area contributed by atoms with Crippen LogP contribution in [-0.2, 0) is 9.31 Å². The van der Waals surface area contributed by atoms with Gasteiger partial charge < -0.3 is 9.31 Å². The fourth-order valence-corrected chi connectivity index (χ4v) is 1.74. The molecule has 0 N–H and O–H groups in total. The lowest BCUT2D eigenvalue weighted by atomic mass is 9.84. The number of hydrogen-bond donors (Lipinski definition) is 0. The van der Waals surface area contributed by atoms with E-state index in [1.807, 2.05) is 27.7 Å². The molecule has 0 aliphatic carbocycles. The van der Waals surface area contributed by atoms with E-state index < -0.39 is 7.12 Å². The Balaban J connectivity index is 2.31. The molecule has 0 amide bonds. The Bertz CT molecular complexity index is 393. The molecule has 16 heavy (non-hydrogen) atoms. The molecule has 2 heterocycles. The van der Waals surface area contributed by atoms with Crippen molar-refractivity contribution in [2.24, 2.45) is 0 Å². The van der Waals surface area contributed by atoms with Gasteiger partial charge in [-0.2, -0.15) is 0 Å². The highest BCUT2D eigenvalue weighted by Crippen LogP contribution is 2.36. The lowest BCUT2D eigenvalue weighted by Gasteiger charge is -2.32. The van der Waals surface area contributed by atoms with Crippen molar-refractivity contribution in [1.82, 2.24) is 4.98 Å². The summed E-state index contributed by atoms with van der Waals surface area (Å²) in [6, 6.07) is 3.58. The van der Waals surface area contributed by atoms with E-state index in [-0.39, 0.29) is 11.2 Å². The first-order valence-corrected chi connectivity index (χ1v) is 5.67. The second-order valence-electron chi connectivity index (χ2n) is 4.96. The van der Waals surface area contributed by atoms with Gasteiger partial charge in [0.25, 0.3) is 0 Å². The number of pyridine rings is 1. The minimum atomic E-state index is -0.487. The first-order chi connectivity index (χ1) is 7.33. The molecule has 0 radical (unpaired) electrons. The van der Waals surface area contributed by atoms with E-state index in [0.717, 1.165) is 0 Å². The first-order valence-electron chi connectivity index (χ1n) is 5.29. The van der Waals surface area contributed by atoms with E-state index in [9.17, 15) is 0 Å². The predicted octanol–water partition coefficient (Wildman–Crippen LogP) is 2.03. The Hall–Kier alpha value is -0.575. The Morgan fingerprint density at radius 3 is 2.25 bits per heavy atom. The van der Waals surface area contributed by atoms with Crippen LogP contribution in [0.1, 0.15) is 27.7 Å². The minimum Gasteiger partial charge on any atom is -0.398 e. The molecule has 0 spiro atoms. The maximum Gasteiger partial charge on any atom is 0.516 e. The van der Waals surface area contributed by atoms with Crippen LogP contribution in [0.2, 0.25) is 5.02 Å². The third-order valence-electron chi connectivity index (χ3n) is 3.26. The molecule has 0 saturated carbocycles. The monoisotopic (exact) mass is 239 g/mol. The second-order valence-corrected chi connectivity index (χ2v) is 5.37. The van der Waals surface area contributed by atoms with Crippen molar-refractivity contribution in [3.8, 4) is 0 Å². The molecule has 2 rings (SSSR count). The Labute approximate surface area is 101 Å². The Kier molecular flexibility index (Phi) is 2.77. The molecule has 5 heteroatoms. The average Bonchev–Trinajstić information content (AvgIpc) is 2.36. The quantitative estimate of drug-likeness (QED) is 0.703. The molecule has 3 nitrogen and oxygen atoms in total. The summed E-state index contributed by atoms with van der Waals surface area (Å²) in [5.41, 5.74) is -0.0837. The van der Waals surface area contributed by atoms with E-state index in [2.05, 4.69) is 4.98 Å². The van der Waals surface area contributed by atoms with Crippen LogP contribution in [0.3, 0.4) is 0 Å². The Morgan fingerprint density at radius 1 is 1.19 bits per heavy atom. The molecule has 0 unspecified atom stereocenters. The van der Waals surface area contributed by atoms with Crippen LogP contribution in [0.5, 0.6) is 0 Å². The smallest absolute Gasteiger partial charge is 0.398 e. The van der Waals surface area contributed by atoms with Crippen molar-refractivity contribution < 1.29 is 9.31 Å². The van der Waals surface area contributed by atoms with E-state index in [1.54, 1.807) is 18.3 Å². The Morgan fingerprint density at radius 2 is 1.75 bits per heavy atom. The van der Waals surface area contributed by atoms with Crippen molar-refractivity contribution in [2.75, 3.05) is 0 Å². The second kappa shape index (κ2) is 3.72. The number of rotatable bonds is 1. The van der Waals surface area contributed by atoms with Crippen LogP contribution in [0, 0.1) is 0 Å². The molecule has 1 aromatic rings. The van der Waals surface area contributed by atoms with Gasteiger partial charge in [0, 0.05) is 6.20 Å². The van der Waals surface area contributed by atoms with Crippen molar-refractivity contribution in [2.45, 2.75) is 38.9 Å². The topological polar surface area (TPSA) is 31.4 Å². The van der Waals surface area contributed by atoms with Crippen LogP contribution in [-0.4, -0.2) is 23.3 Å². The summed E-state index contributed by atoms with van der Waals surface area (Å²) < 4.78 is 11.7. The highest BCUT2D eigenvalue weighted by Gasteiger charge is 2.52. The molecule has 0 atom stereocenters. The summed E-state index contributed by atoms with van der Waals surface area (Å²) >= 11 is 6.07. The summed E-state index contributed by atoms with van der Waals surface area (Å²) in [6.45, 7) is 8.02. The van der Waals surface area contributed by atoms with Crippen molar-refractivity contribution in [3.63, 3.8) is 0 Å². The molecule has 1 fully saturated rings. The van der Waals surface area contributed by atoms with Gasteiger partial charge in [0.15, 0.2) is 0 Å². The SMILES string of the molecule is CC1(C)OB(c2ncccc2Cl)OC1(C)C. The van der Waals surface area contributed by atoms with Crippen LogP contribution in [0.25, 0.3) is 0 Å². The zero-order valence-corrected chi connectivity index (χ0v) is 10.7. The summed E-state index contributed by atoms with van der Waals surface area (Å²) in [7, 11) is -0.487. The highest BCUT2D eigenvalue weighted by molar-refractivity contribution is 6.64. The van der Waals surface area contributed by atoms with Gasteiger partial charge in [0.1, 0.15) is 0 Å². The van der Waals surface area contributed by atoms with Crippen molar-refractivity contribution in [3.05, 3.63) is 23.4 Å². The average molecular weight is 240 g/mol. The number of hydrogen-bond acceptors (Lipinski definition) is 3. The number of nitrogens with zero attached hydrogens (tertiary/aromatic N) is 1. The zero-order chi connectivity index (χ0) is 12.0. The molecule has 1 saturated heterocycles. The third-order valence-corrected chi connectivity index (χ3v) is 3.58. The van der Waals surface area contributed by atoms with Crippen molar-refractivity contribution in [1.29, 1.82) is 0 Å². The zero-order valence-electron chi connectivity index (χ0n) is 9.95. The van der Waals surface area contributed by atoms with Gasteiger partial charge in [-0.25, -0.2) is 0 Å².